The van der Waals surface area contributed by atoms with Crippen molar-refractivity contribution in [2.24, 2.45) is 0 Å². The Kier molecular flexibility index (Phi) is 7.25. The van der Waals surface area contributed by atoms with E-state index < -0.39 is 11.7 Å². The molecule has 2 aliphatic rings. The molecule has 0 radical (unpaired) electrons. The van der Waals surface area contributed by atoms with Crippen LogP contribution in [0.3, 0.4) is 0 Å². The topological polar surface area (TPSA) is 79.0 Å². The number of Topliss-reactive ketones (excluding diaryl/α,β-unsaturated/α-hetero) is 1. The number of anilines is 2. The maximum Gasteiger partial charge on any atom is 0.299 e. The molecule has 32 heavy (non-hydrogen) atoms. The molecule has 8 heteroatoms. The molecule has 7 nitrogen and oxygen atoms in total. The summed E-state index contributed by atoms with van der Waals surface area (Å²) in [4.78, 5) is 38.3. The van der Waals surface area contributed by atoms with Crippen molar-refractivity contribution in [3.05, 3.63) is 59.4 Å². The number of piperazine rings is 1. The molecule has 0 bridgehead atoms. The second kappa shape index (κ2) is 9.91. The van der Waals surface area contributed by atoms with Crippen LogP contribution >= 0.6 is 0 Å². The first-order valence-electron chi connectivity index (χ1n) is 10.5. The monoisotopic (exact) mass is 441 g/mol. The third kappa shape index (κ3) is 5.50. The molecule has 2 heterocycles. The van der Waals surface area contributed by atoms with Gasteiger partial charge < -0.3 is 19.9 Å². The van der Waals surface area contributed by atoms with Crippen LogP contribution in [0.25, 0.3) is 0 Å². The normalized spacial score (nSPS) is 15.8. The van der Waals surface area contributed by atoms with E-state index in [0.29, 0.717) is 23.3 Å². The van der Waals surface area contributed by atoms with Gasteiger partial charge in [0.1, 0.15) is 11.4 Å². The van der Waals surface area contributed by atoms with Gasteiger partial charge in [0.05, 0.1) is 23.5 Å². The van der Waals surface area contributed by atoms with E-state index in [0.717, 1.165) is 31.9 Å². The number of ether oxygens (including phenoxy) is 1. The number of hydrogen-bond acceptors (Lipinski definition) is 6. The Balaban J connectivity index is 0.000000360. The highest BCUT2D eigenvalue weighted by molar-refractivity contribution is 6.53. The van der Waals surface area contributed by atoms with Crippen LogP contribution in [0, 0.1) is 5.82 Å². The van der Waals surface area contributed by atoms with Crippen molar-refractivity contribution in [1.82, 2.24) is 5.32 Å². The van der Waals surface area contributed by atoms with E-state index in [1.807, 2.05) is 32.9 Å². The first-order valence-corrected chi connectivity index (χ1v) is 10.5. The molecule has 170 valence electrons. The summed E-state index contributed by atoms with van der Waals surface area (Å²) >= 11 is 0. The van der Waals surface area contributed by atoms with Crippen LogP contribution in [0.1, 0.15) is 36.7 Å². The van der Waals surface area contributed by atoms with E-state index in [2.05, 4.69) is 15.0 Å². The van der Waals surface area contributed by atoms with Gasteiger partial charge in [-0.3, -0.25) is 14.4 Å². The Morgan fingerprint density at radius 3 is 2.31 bits per heavy atom. The summed E-state index contributed by atoms with van der Waals surface area (Å²) in [5.41, 5.74) is 2.21. The number of carbonyl (C=O) groups excluding carboxylic acids is 3. The molecule has 0 unspecified atom stereocenters. The minimum atomic E-state index is -0.554. The fourth-order valence-corrected chi connectivity index (χ4v) is 3.61. The number of halogens is 1. The van der Waals surface area contributed by atoms with E-state index in [4.69, 9.17) is 0 Å². The Morgan fingerprint density at radius 1 is 1.06 bits per heavy atom. The highest BCUT2D eigenvalue weighted by Gasteiger charge is 2.38. The zero-order valence-corrected chi connectivity index (χ0v) is 18.6. The number of rotatable bonds is 4. The predicted molar refractivity (Wildman–Crippen MR) is 120 cm³/mol. The fraction of sp³-hybridized carbons (Fsp3) is 0.375. The number of benzene rings is 2. The van der Waals surface area contributed by atoms with Gasteiger partial charge in [0.2, 0.25) is 0 Å². The quantitative estimate of drug-likeness (QED) is 0.581. The second-order valence-electron chi connectivity index (χ2n) is 8.59. The SMILES string of the molecule is CC(C)(C)OC=O.O=C1C(=O)N(Cc2cccc(F)c2)c2cccc(N3CCNCC3)c21. The van der Waals surface area contributed by atoms with Crippen molar-refractivity contribution in [2.45, 2.75) is 32.9 Å². The van der Waals surface area contributed by atoms with Crippen LogP contribution in [0.5, 0.6) is 0 Å². The van der Waals surface area contributed by atoms with Gasteiger partial charge in [0, 0.05) is 26.2 Å². The van der Waals surface area contributed by atoms with Crippen LogP contribution in [0.4, 0.5) is 15.8 Å². The number of nitrogens with zero attached hydrogens (tertiary/aromatic N) is 2. The predicted octanol–water partition coefficient (Wildman–Crippen LogP) is 2.92. The lowest BCUT2D eigenvalue weighted by Gasteiger charge is -2.30. The molecule has 0 atom stereocenters. The van der Waals surface area contributed by atoms with Gasteiger partial charge in [-0.2, -0.15) is 0 Å². The van der Waals surface area contributed by atoms with E-state index in [-0.39, 0.29) is 18.0 Å². The maximum absolute atomic E-state index is 13.4. The molecule has 1 N–H and O–H groups in total. The number of hydrogen-bond donors (Lipinski definition) is 1. The average molecular weight is 442 g/mol. The Hall–Kier alpha value is -3.26. The minimum Gasteiger partial charge on any atom is -0.462 e. The lowest BCUT2D eigenvalue weighted by Crippen LogP contribution is -2.44. The van der Waals surface area contributed by atoms with Gasteiger partial charge >= 0.3 is 0 Å². The molecule has 1 amide bonds. The lowest BCUT2D eigenvalue weighted by atomic mass is 10.1. The summed E-state index contributed by atoms with van der Waals surface area (Å²) in [5.74, 6) is -1.40. The van der Waals surface area contributed by atoms with Crippen molar-refractivity contribution in [3.63, 3.8) is 0 Å². The minimum absolute atomic E-state index is 0.181. The summed E-state index contributed by atoms with van der Waals surface area (Å²) in [6.45, 7) is 9.38. The fourth-order valence-electron chi connectivity index (χ4n) is 3.61. The molecule has 0 aromatic heterocycles. The summed E-state index contributed by atoms with van der Waals surface area (Å²) in [5, 5.41) is 3.28. The van der Waals surface area contributed by atoms with Gasteiger partial charge in [0.25, 0.3) is 18.2 Å². The van der Waals surface area contributed by atoms with Gasteiger partial charge in [-0.15, -0.1) is 0 Å². The maximum atomic E-state index is 13.4. The average Bonchev–Trinajstić information content (AvgIpc) is 2.99. The lowest BCUT2D eigenvalue weighted by molar-refractivity contribution is -0.138. The molecular formula is C24H28FN3O4. The molecule has 1 saturated heterocycles. The molecule has 4 rings (SSSR count). The van der Waals surface area contributed by atoms with Crippen LogP contribution in [-0.4, -0.2) is 49.9 Å². The van der Waals surface area contributed by atoms with E-state index >= 15 is 0 Å². The Morgan fingerprint density at radius 2 is 1.72 bits per heavy atom. The smallest absolute Gasteiger partial charge is 0.299 e. The van der Waals surface area contributed by atoms with Gasteiger partial charge in [0.15, 0.2) is 0 Å². The highest BCUT2D eigenvalue weighted by atomic mass is 19.1. The zero-order chi connectivity index (χ0) is 23.3. The standard InChI is InChI=1S/C19H18FN3O2.C5H10O2/c20-14-4-1-3-13(11-14)12-23-16-6-2-5-15(17(16)18(24)19(23)25)22-9-7-21-8-10-22;1-5(2,3)7-4-6/h1-6,11,21H,7-10,12H2;4H,1-3H3. The number of fused-ring (bicyclic) bond motifs is 1. The van der Waals surface area contributed by atoms with E-state index in [9.17, 15) is 18.8 Å². The van der Waals surface area contributed by atoms with Crippen LogP contribution in [0.2, 0.25) is 0 Å². The molecule has 2 aromatic rings. The molecule has 2 aliphatic heterocycles. The van der Waals surface area contributed by atoms with Gasteiger partial charge in [-0.05, 0) is 50.6 Å². The van der Waals surface area contributed by atoms with Gasteiger partial charge in [-0.1, -0.05) is 18.2 Å². The highest BCUT2D eigenvalue weighted by Crippen LogP contribution is 2.37. The number of carbonyl (C=O) groups is 3. The van der Waals surface area contributed by atoms with Crippen LogP contribution in [0.15, 0.2) is 42.5 Å². The van der Waals surface area contributed by atoms with Crippen molar-refractivity contribution < 1.29 is 23.5 Å². The molecular weight excluding hydrogens is 413 g/mol. The summed E-state index contributed by atoms with van der Waals surface area (Å²) in [7, 11) is 0. The molecule has 0 aliphatic carbocycles. The number of nitrogens with one attached hydrogen (secondary N) is 1. The summed E-state index contributed by atoms with van der Waals surface area (Å²) in [6, 6.07) is 11.6. The third-order valence-electron chi connectivity index (χ3n) is 5.07. The van der Waals surface area contributed by atoms with Crippen molar-refractivity contribution in [3.8, 4) is 0 Å². The molecule has 0 saturated carbocycles. The van der Waals surface area contributed by atoms with Crippen molar-refractivity contribution in [2.75, 3.05) is 36.0 Å². The van der Waals surface area contributed by atoms with Crippen LogP contribution < -0.4 is 15.1 Å². The number of ketones is 1. The first kappa shape index (κ1) is 23.4. The van der Waals surface area contributed by atoms with E-state index in [1.54, 1.807) is 18.2 Å². The van der Waals surface area contributed by atoms with Crippen LogP contribution in [-0.2, 0) is 20.9 Å². The summed E-state index contributed by atoms with van der Waals surface area (Å²) in [6.07, 6.45) is 0. The Bertz CT molecular complexity index is 997. The number of amides is 1. The largest absolute Gasteiger partial charge is 0.462 e. The first-order chi connectivity index (χ1) is 15.2. The van der Waals surface area contributed by atoms with Gasteiger partial charge in [-0.25, -0.2) is 4.39 Å². The van der Waals surface area contributed by atoms with Crippen molar-refractivity contribution in [1.29, 1.82) is 0 Å². The zero-order valence-electron chi connectivity index (χ0n) is 18.6. The second-order valence-corrected chi connectivity index (χ2v) is 8.59. The van der Waals surface area contributed by atoms with E-state index in [1.165, 1.54) is 17.0 Å². The molecule has 2 aromatic carbocycles. The summed E-state index contributed by atoms with van der Waals surface area (Å²) < 4.78 is 18.0. The Labute approximate surface area is 187 Å². The molecule has 0 spiro atoms. The molecule has 1 fully saturated rings. The third-order valence-corrected chi connectivity index (χ3v) is 5.07. The van der Waals surface area contributed by atoms with Crippen molar-refractivity contribution >= 4 is 29.5 Å².